The second kappa shape index (κ2) is 10.9. The van der Waals surface area contributed by atoms with Crippen LogP contribution >= 0.6 is 23.1 Å². The van der Waals surface area contributed by atoms with Gasteiger partial charge in [-0.05, 0) is 38.2 Å². The van der Waals surface area contributed by atoms with E-state index in [0.717, 1.165) is 60.9 Å². The Kier molecular flexibility index (Phi) is 7.50. The number of benzene rings is 1. The van der Waals surface area contributed by atoms with Gasteiger partial charge in [-0.1, -0.05) is 42.1 Å². The minimum Gasteiger partial charge on any atom is -0.462 e. The molecule has 1 aromatic carbocycles. The van der Waals surface area contributed by atoms with Gasteiger partial charge in [0.1, 0.15) is 16.4 Å². The number of thiophene rings is 1. The lowest BCUT2D eigenvalue weighted by Gasteiger charge is -2.14. The predicted octanol–water partition coefficient (Wildman–Crippen LogP) is 4.97. The molecule has 0 radical (unpaired) electrons. The van der Waals surface area contributed by atoms with Gasteiger partial charge in [0, 0.05) is 23.5 Å². The molecule has 3 aromatic rings. The molecule has 3 heterocycles. The van der Waals surface area contributed by atoms with Crippen LogP contribution < -0.4 is 5.32 Å². The number of anilines is 1. The van der Waals surface area contributed by atoms with Gasteiger partial charge >= 0.3 is 5.97 Å². The zero-order valence-corrected chi connectivity index (χ0v) is 21.2. The quantitative estimate of drug-likeness (QED) is 0.303. The van der Waals surface area contributed by atoms with E-state index in [2.05, 4.69) is 20.1 Å². The van der Waals surface area contributed by atoms with Crippen LogP contribution in [0.1, 0.15) is 54.7 Å². The van der Waals surface area contributed by atoms with Gasteiger partial charge in [-0.25, -0.2) is 4.79 Å². The summed E-state index contributed by atoms with van der Waals surface area (Å²) < 4.78 is 13.2. The summed E-state index contributed by atoms with van der Waals surface area (Å²) >= 11 is 2.69. The maximum Gasteiger partial charge on any atom is 0.341 e. The van der Waals surface area contributed by atoms with Crippen molar-refractivity contribution in [3.05, 3.63) is 47.1 Å². The molecule has 2 aromatic heterocycles. The predicted molar refractivity (Wildman–Crippen MR) is 136 cm³/mol. The van der Waals surface area contributed by atoms with Crippen LogP contribution in [0.5, 0.6) is 0 Å². The van der Waals surface area contributed by atoms with E-state index in [0.29, 0.717) is 16.5 Å². The van der Waals surface area contributed by atoms with Crippen molar-refractivity contribution in [2.75, 3.05) is 24.3 Å². The average Bonchev–Trinajstić information content (AvgIpc) is 3.24. The number of rotatable bonds is 10. The van der Waals surface area contributed by atoms with E-state index in [9.17, 15) is 9.59 Å². The van der Waals surface area contributed by atoms with E-state index in [1.807, 2.05) is 35.7 Å². The fourth-order valence-electron chi connectivity index (χ4n) is 4.19. The number of nitrogens with zero attached hydrogens (tertiary/aromatic N) is 3. The minimum absolute atomic E-state index is 0.162. The number of nitrogens with one attached hydrogen (secondary N) is 1. The highest BCUT2D eigenvalue weighted by Gasteiger charge is 2.32. The lowest BCUT2D eigenvalue weighted by molar-refractivity contribution is -0.113. The van der Waals surface area contributed by atoms with Crippen molar-refractivity contribution in [3.63, 3.8) is 0 Å². The summed E-state index contributed by atoms with van der Waals surface area (Å²) in [6.07, 6.45) is 4.55. The van der Waals surface area contributed by atoms with E-state index in [4.69, 9.17) is 9.47 Å². The molecule has 1 N–H and O–H groups in total. The molecule has 8 nitrogen and oxygen atoms in total. The van der Waals surface area contributed by atoms with Crippen LogP contribution in [0, 0.1) is 0 Å². The average molecular weight is 513 g/mol. The second-order valence-corrected chi connectivity index (χ2v) is 10.5. The Morgan fingerprint density at radius 1 is 1.23 bits per heavy atom. The molecule has 1 saturated carbocycles. The largest absolute Gasteiger partial charge is 0.462 e. The fraction of sp³-hybridized carbons (Fsp3) is 0.440. The van der Waals surface area contributed by atoms with Gasteiger partial charge in [0.15, 0.2) is 5.16 Å². The molecular weight excluding hydrogens is 484 g/mol. The van der Waals surface area contributed by atoms with Crippen LogP contribution in [-0.2, 0) is 20.8 Å². The summed E-state index contributed by atoms with van der Waals surface area (Å²) in [4.78, 5) is 25.7. The highest BCUT2D eigenvalue weighted by atomic mass is 32.2. The molecule has 1 saturated heterocycles. The highest BCUT2D eigenvalue weighted by Crippen LogP contribution is 2.40. The number of carbonyl (C=O) groups is 2. The lowest BCUT2D eigenvalue weighted by atomic mass is 10.0. The molecule has 2 fully saturated rings. The van der Waals surface area contributed by atoms with Crippen molar-refractivity contribution in [1.82, 2.24) is 14.8 Å². The first-order valence-corrected chi connectivity index (χ1v) is 13.8. The number of thioether (sulfide) groups is 1. The number of ether oxygens (including phenoxy) is 2. The molecule has 0 spiro atoms. The molecule has 2 aliphatic rings. The van der Waals surface area contributed by atoms with Crippen molar-refractivity contribution in [2.45, 2.75) is 56.3 Å². The first kappa shape index (κ1) is 24.0. The molecule has 1 aliphatic heterocycles. The van der Waals surface area contributed by atoms with E-state index in [1.54, 1.807) is 6.92 Å². The number of hydrogen-bond donors (Lipinski definition) is 1. The molecule has 1 amide bonds. The summed E-state index contributed by atoms with van der Waals surface area (Å²) in [7, 11) is 0. The third kappa shape index (κ3) is 5.60. The van der Waals surface area contributed by atoms with Crippen molar-refractivity contribution in [2.24, 2.45) is 0 Å². The van der Waals surface area contributed by atoms with Gasteiger partial charge in [-0.3, -0.25) is 4.79 Å². The topological polar surface area (TPSA) is 95.3 Å². The monoisotopic (exact) mass is 512 g/mol. The Bertz CT molecular complexity index is 1180. The SMILES string of the molecule is CCOC(=O)c1c(-c2ccccc2)csc1NC(=O)CSc1nnc(C2CC2)n1CC1CCCO1. The standard InChI is InChI=1S/C25H28N4O4S2/c1-2-32-24(31)21-19(16-7-4-3-5-8-16)14-34-23(21)26-20(30)15-35-25-28-27-22(17-10-11-17)29(25)13-18-9-6-12-33-18/h3-5,7-8,14,17-18H,2,6,9-13,15H2,1H3,(H,26,30). The summed E-state index contributed by atoms with van der Waals surface area (Å²) in [5.74, 6) is 0.970. The number of amides is 1. The Hall–Kier alpha value is -2.69. The molecule has 5 rings (SSSR count). The van der Waals surface area contributed by atoms with Crippen molar-refractivity contribution < 1.29 is 19.1 Å². The highest BCUT2D eigenvalue weighted by molar-refractivity contribution is 7.99. The van der Waals surface area contributed by atoms with Gasteiger partial charge < -0.3 is 19.4 Å². The fourth-order valence-corrected chi connectivity index (χ4v) is 5.92. The Balaban J connectivity index is 1.30. The van der Waals surface area contributed by atoms with Gasteiger partial charge in [0.2, 0.25) is 5.91 Å². The molecule has 10 heteroatoms. The maximum absolute atomic E-state index is 12.9. The third-order valence-electron chi connectivity index (χ3n) is 6.04. The van der Waals surface area contributed by atoms with Crippen molar-refractivity contribution in [1.29, 1.82) is 0 Å². The Morgan fingerprint density at radius 2 is 2.06 bits per heavy atom. The van der Waals surface area contributed by atoms with Gasteiger partial charge in [-0.15, -0.1) is 21.5 Å². The molecule has 1 aliphatic carbocycles. The smallest absolute Gasteiger partial charge is 0.341 e. The number of aromatic nitrogens is 3. The van der Waals surface area contributed by atoms with E-state index >= 15 is 0 Å². The number of esters is 1. The maximum atomic E-state index is 12.9. The third-order valence-corrected chi connectivity index (χ3v) is 7.90. The normalized spacial score (nSPS) is 17.5. The number of carbonyl (C=O) groups excluding carboxylic acids is 2. The van der Waals surface area contributed by atoms with Crippen LogP contribution in [-0.4, -0.2) is 51.7 Å². The molecule has 1 unspecified atom stereocenters. The van der Waals surface area contributed by atoms with Crippen LogP contribution in [0.2, 0.25) is 0 Å². The lowest BCUT2D eigenvalue weighted by Crippen LogP contribution is -2.19. The number of hydrogen-bond acceptors (Lipinski definition) is 8. The molecule has 184 valence electrons. The Morgan fingerprint density at radius 3 is 2.77 bits per heavy atom. The molecule has 0 bridgehead atoms. The van der Waals surface area contributed by atoms with Crippen molar-refractivity contribution in [3.8, 4) is 11.1 Å². The second-order valence-electron chi connectivity index (χ2n) is 8.64. The molecule has 35 heavy (non-hydrogen) atoms. The zero-order valence-electron chi connectivity index (χ0n) is 19.6. The summed E-state index contributed by atoms with van der Waals surface area (Å²) in [5, 5.41) is 14.8. The molecular formula is C25H28N4O4S2. The van der Waals surface area contributed by atoms with E-state index in [-0.39, 0.29) is 24.4 Å². The summed E-state index contributed by atoms with van der Waals surface area (Å²) in [6, 6.07) is 9.63. The zero-order chi connectivity index (χ0) is 24.2. The van der Waals surface area contributed by atoms with Gasteiger partial charge in [-0.2, -0.15) is 0 Å². The van der Waals surface area contributed by atoms with Crippen LogP contribution in [0.25, 0.3) is 11.1 Å². The Labute approximate surface area is 212 Å². The van der Waals surface area contributed by atoms with Gasteiger partial charge in [0.25, 0.3) is 0 Å². The van der Waals surface area contributed by atoms with Crippen LogP contribution in [0.3, 0.4) is 0 Å². The van der Waals surface area contributed by atoms with Gasteiger partial charge in [0.05, 0.1) is 25.0 Å². The van der Waals surface area contributed by atoms with E-state index < -0.39 is 5.97 Å². The summed E-state index contributed by atoms with van der Waals surface area (Å²) in [6.45, 7) is 3.55. The molecule has 1 atom stereocenters. The summed E-state index contributed by atoms with van der Waals surface area (Å²) in [5.41, 5.74) is 2.04. The van der Waals surface area contributed by atoms with Crippen molar-refractivity contribution >= 4 is 40.0 Å². The minimum atomic E-state index is -0.444. The van der Waals surface area contributed by atoms with Crippen LogP contribution in [0.15, 0.2) is 40.9 Å². The van der Waals surface area contributed by atoms with Crippen LogP contribution in [0.4, 0.5) is 5.00 Å². The first-order chi connectivity index (χ1) is 17.1. The first-order valence-electron chi connectivity index (χ1n) is 12.0. The van der Waals surface area contributed by atoms with E-state index in [1.165, 1.54) is 23.1 Å².